The largest absolute Gasteiger partial charge is 0.346 e. The first-order chi connectivity index (χ1) is 8.08. The van der Waals surface area contributed by atoms with Crippen molar-refractivity contribution in [1.29, 1.82) is 0 Å². The van der Waals surface area contributed by atoms with Crippen molar-refractivity contribution in [3.05, 3.63) is 42.2 Å². The van der Waals surface area contributed by atoms with E-state index in [1.807, 2.05) is 24.0 Å². The number of rotatable bonds is 4. The van der Waals surface area contributed by atoms with E-state index in [1.165, 1.54) is 5.56 Å². The summed E-state index contributed by atoms with van der Waals surface area (Å²) in [4.78, 5) is 4.31. The highest BCUT2D eigenvalue weighted by Gasteiger charge is 2.11. The van der Waals surface area contributed by atoms with Crippen molar-refractivity contribution in [2.45, 2.75) is 26.4 Å². The van der Waals surface area contributed by atoms with Crippen LogP contribution >= 0.6 is 0 Å². The molecule has 0 aliphatic rings. The van der Waals surface area contributed by atoms with Crippen molar-refractivity contribution < 1.29 is 0 Å². The number of hydrogen-bond donors (Lipinski definition) is 1. The van der Waals surface area contributed by atoms with Gasteiger partial charge in [-0.2, -0.15) is 0 Å². The van der Waals surface area contributed by atoms with Crippen LogP contribution in [-0.4, -0.2) is 14.1 Å². The van der Waals surface area contributed by atoms with E-state index < -0.39 is 0 Å². The van der Waals surface area contributed by atoms with E-state index in [4.69, 9.17) is 5.73 Å². The lowest BCUT2D eigenvalue weighted by Crippen LogP contribution is -2.16. The summed E-state index contributed by atoms with van der Waals surface area (Å²) in [5, 5.41) is 0. The van der Waals surface area contributed by atoms with Crippen LogP contribution in [0, 0.1) is 5.92 Å². The molecule has 4 heteroatoms. The molecule has 2 aromatic rings. The van der Waals surface area contributed by atoms with Crippen molar-refractivity contribution >= 4 is 0 Å². The molecule has 17 heavy (non-hydrogen) atoms. The maximum Gasteiger partial charge on any atom is 0.128 e. The molecule has 2 heterocycles. The maximum atomic E-state index is 6.12. The van der Waals surface area contributed by atoms with E-state index in [1.54, 1.807) is 0 Å². The summed E-state index contributed by atoms with van der Waals surface area (Å²) in [7, 11) is 2.01. The molecule has 92 valence electrons. The van der Waals surface area contributed by atoms with Gasteiger partial charge in [0.2, 0.25) is 0 Å². The Morgan fingerprint density at radius 2 is 2.12 bits per heavy atom. The van der Waals surface area contributed by atoms with Crippen molar-refractivity contribution in [2.75, 3.05) is 0 Å². The lowest BCUT2D eigenvalue weighted by atomic mass is 10.00. The second-order valence-corrected chi connectivity index (χ2v) is 4.84. The Morgan fingerprint density at radius 3 is 2.71 bits per heavy atom. The lowest BCUT2D eigenvalue weighted by Gasteiger charge is -2.13. The highest BCUT2D eigenvalue weighted by atomic mass is 15.1. The molecule has 0 bridgehead atoms. The highest BCUT2D eigenvalue weighted by Crippen LogP contribution is 2.19. The number of aryl methyl sites for hydroxylation is 1. The summed E-state index contributed by atoms with van der Waals surface area (Å²) in [6, 6.07) is 2.20. The van der Waals surface area contributed by atoms with Gasteiger partial charge in [0, 0.05) is 37.9 Å². The van der Waals surface area contributed by atoms with E-state index in [9.17, 15) is 0 Å². The summed E-state index contributed by atoms with van der Waals surface area (Å²) in [6.07, 6.45) is 7.95. The first kappa shape index (κ1) is 11.9. The number of nitrogens with zero attached hydrogens (tertiary/aromatic N) is 3. The summed E-state index contributed by atoms with van der Waals surface area (Å²) >= 11 is 0. The molecule has 1 unspecified atom stereocenters. The molecule has 2 aromatic heterocycles. The average molecular weight is 232 g/mol. The minimum absolute atomic E-state index is 0.109. The second-order valence-electron chi connectivity index (χ2n) is 4.84. The molecular formula is C13H20N4. The minimum atomic E-state index is 0.109. The summed E-state index contributed by atoms with van der Waals surface area (Å²) in [6.45, 7) is 5.07. The molecule has 0 fully saturated rings. The van der Waals surface area contributed by atoms with Crippen LogP contribution in [0.1, 0.15) is 31.3 Å². The van der Waals surface area contributed by atoms with Gasteiger partial charge in [0.1, 0.15) is 5.82 Å². The highest BCUT2D eigenvalue weighted by molar-refractivity contribution is 5.16. The quantitative estimate of drug-likeness (QED) is 0.875. The van der Waals surface area contributed by atoms with Crippen molar-refractivity contribution in [2.24, 2.45) is 18.7 Å². The van der Waals surface area contributed by atoms with E-state index in [2.05, 4.69) is 41.9 Å². The van der Waals surface area contributed by atoms with E-state index >= 15 is 0 Å². The van der Waals surface area contributed by atoms with Gasteiger partial charge in [-0.1, -0.05) is 13.8 Å². The summed E-state index contributed by atoms with van der Waals surface area (Å²) < 4.78 is 4.15. The smallest absolute Gasteiger partial charge is 0.128 e. The number of imidazole rings is 1. The van der Waals surface area contributed by atoms with Gasteiger partial charge < -0.3 is 14.9 Å². The predicted molar refractivity (Wildman–Crippen MR) is 68.5 cm³/mol. The van der Waals surface area contributed by atoms with Gasteiger partial charge in [-0.15, -0.1) is 0 Å². The monoisotopic (exact) mass is 232 g/mol. The Kier molecular flexibility index (Phi) is 3.33. The van der Waals surface area contributed by atoms with Gasteiger partial charge >= 0.3 is 0 Å². The Hall–Kier alpha value is -1.55. The fourth-order valence-corrected chi connectivity index (χ4v) is 1.85. The molecule has 0 spiro atoms. The van der Waals surface area contributed by atoms with Crippen molar-refractivity contribution in [1.82, 2.24) is 14.1 Å². The van der Waals surface area contributed by atoms with Crippen LogP contribution in [0.25, 0.3) is 0 Å². The third-order valence-electron chi connectivity index (χ3n) is 3.12. The molecule has 0 saturated heterocycles. The SMILES string of the molecule is CC(C)C(N)c1ccn(Cc2nccn2C)c1. The molecule has 0 aromatic carbocycles. The van der Waals surface area contributed by atoms with Crippen LogP contribution in [0.5, 0.6) is 0 Å². The average Bonchev–Trinajstić information content (AvgIpc) is 2.88. The third-order valence-corrected chi connectivity index (χ3v) is 3.12. The van der Waals surface area contributed by atoms with Gasteiger partial charge in [-0.05, 0) is 17.5 Å². The molecule has 1 atom stereocenters. The van der Waals surface area contributed by atoms with Crippen molar-refractivity contribution in [3.63, 3.8) is 0 Å². The third kappa shape index (κ3) is 2.58. The van der Waals surface area contributed by atoms with Gasteiger partial charge in [-0.25, -0.2) is 4.98 Å². The van der Waals surface area contributed by atoms with Gasteiger partial charge in [0.25, 0.3) is 0 Å². The summed E-state index contributed by atoms with van der Waals surface area (Å²) in [5.74, 6) is 1.50. The van der Waals surface area contributed by atoms with Crippen LogP contribution in [0.15, 0.2) is 30.9 Å². The summed E-state index contributed by atoms with van der Waals surface area (Å²) in [5.41, 5.74) is 7.31. The Balaban J connectivity index is 2.11. The molecule has 0 amide bonds. The number of nitrogens with two attached hydrogens (primary N) is 1. The normalized spacial score (nSPS) is 13.2. The zero-order valence-corrected chi connectivity index (χ0v) is 10.7. The van der Waals surface area contributed by atoms with Crippen LogP contribution in [0.4, 0.5) is 0 Å². The zero-order chi connectivity index (χ0) is 12.4. The fourth-order valence-electron chi connectivity index (χ4n) is 1.85. The predicted octanol–water partition coefficient (Wildman–Crippen LogP) is 1.93. The molecular weight excluding hydrogens is 212 g/mol. The van der Waals surface area contributed by atoms with E-state index in [0.29, 0.717) is 5.92 Å². The lowest BCUT2D eigenvalue weighted by molar-refractivity contribution is 0.513. The molecule has 0 aliphatic carbocycles. The number of hydrogen-bond acceptors (Lipinski definition) is 2. The molecule has 2 N–H and O–H groups in total. The standard InChI is InChI=1S/C13H20N4/c1-10(2)13(14)11-4-6-17(8-11)9-12-15-5-7-16(12)3/h4-8,10,13H,9,14H2,1-3H3. The van der Waals surface area contributed by atoms with Crippen LogP contribution in [-0.2, 0) is 13.6 Å². The Morgan fingerprint density at radius 1 is 1.35 bits per heavy atom. The van der Waals surface area contributed by atoms with Gasteiger partial charge in [0.15, 0.2) is 0 Å². The fraction of sp³-hybridized carbons (Fsp3) is 0.462. The molecule has 0 saturated carbocycles. The van der Waals surface area contributed by atoms with Gasteiger partial charge in [0.05, 0.1) is 6.54 Å². The van der Waals surface area contributed by atoms with Gasteiger partial charge in [-0.3, -0.25) is 0 Å². The molecule has 0 radical (unpaired) electrons. The van der Waals surface area contributed by atoms with E-state index in [-0.39, 0.29) is 6.04 Å². The first-order valence-electron chi connectivity index (χ1n) is 5.95. The van der Waals surface area contributed by atoms with Crippen LogP contribution in [0.3, 0.4) is 0 Å². The number of aromatic nitrogens is 3. The Labute approximate surface area is 102 Å². The van der Waals surface area contributed by atoms with Crippen LogP contribution in [0.2, 0.25) is 0 Å². The zero-order valence-electron chi connectivity index (χ0n) is 10.7. The molecule has 4 nitrogen and oxygen atoms in total. The molecule has 2 rings (SSSR count). The maximum absolute atomic E-state index is 6.12. The molecule has 0 aliphatic heterocycles. The minimum Gasteiger partial charge on any atom is -0.346 e. The van der Waals surface area contributed by atoms with Crippen molar-refractivity contribution in [3.8, 4) is 0 Å². The first-order valence-corrected chi connectivity index (χ1v) is 5.95. The Bertz CT molecular complexity index is 481. The van der Waals surface area contributed by atoms with Crippen LogP contribution < -0.4 is 5.73 Å². The van der Waals surface area contributed by atoms with E-state index in [0.717, 1.165) is 12.4 Å². The topological polar surface area (TPSA) is 48.8 Å². The second kappa shape index (κ2) is 4.75.